The number of phosphoric acid groups is 1. The Balaban J connectivity index is 3.84. The van der Waals surface area contributed by atoms with E-state index in [2.05, 4.69) is 26.0 Å². The van der Waals surface area contributed by atoms with E-state index in [4.69, 9.17) is 18.5 Å². The highest BCUT2D eigenvalue weighted by molar-refractivity contribution is 7.45. The van der Waals surface area contributed by atoms with Crippen LogP contribution < -0.4 is 4.89 Å². The lowest BCUT2D eigenvalue weighted by Crippen LogP contribution is -2.37. The van der Waals surface area contributed by atoms with Crippen LogP contribution in [-0.2, 0) is 32.7 Å². The summed E-state index contributed by atoms with van der Waals surface area (Å²) in [6, 6.07) is 0. The first-order valence-corrected chi connectivity index (χ1v) is 43.4. The zero-order chi connectivity index (χ0) is 67.6. The van der Waals surface area contributed by atoms with Crippen molar-refractivity contribution < 1.29 is 42.1 Å². The molecule has 0 radical (unpaired) electrons. The van der Waals surface area contributed by atoms with Crippen LogP contribution in [0.3, 0.4) is 0 Å². The summed E-state index contributed by atoms with van der Waals surface area (Å²) in [5.74, 6) is -0.803. The van der Waals surface area contributed by atoms with Gasteiger partial charge in [0.15, 0.2) is 6.10 Å². The molecule has 2 atom stereocenters. The number of hydrogen-bond acceptors (Lipinski definition) is 8. The molecule has 93 heavy (non-hydrogen) atoms. The minimum Gasteiger partial charge on any atom is -0.756 e. The lowest BCUT2D eigenvalue weighted by atomic mass is 10.0. The molecule has 0 bridgehead atoms. The molecular formula is C83H164NO8P. The van der Waals surface area contributed by atoms with E-state index in [0.717, 1.165) is 32.1 Å². The van der Waals surface area contributed by atoms with Gasteiger partial charge in [-0.3, -0.25) is 14.2 Å². The van der Waals surface area contributed by atoms with Crippen LogP contribution >= 0.6 is 7.82 Å². The molecule has 0 rings (SSSR count). The van der Waals surface area contributed by atoms with Gasteiger partial charge in [0.05, 0.1) is 27.7 Å². The molecular weight excluding hydrogens is 1170 g/mol. The van der Waals surface area contributed by atoms with E-state index in [1.807, 2.05) is 21.1 Å². The molecule has 0 aromatic rings. The third kappa shape index (κ3) is 79.6. The smallest absolute Gasteiger partial charge is 0.306 e. The van der Waals surface area contributed by atoms with Gasteiger partial charge >= 0.3 is 11.9 Å². The fraction of sp³-hybridized carbons (Fsp3) is 0.952. The molecule has 10 heteroatoms. The average Bonchev–Trinajstić information content (AvgIpc) is 2.61. The maximum Gasteiger partial charge on any atom is 0.306 e. The standard InChI is InChI=1S/C83H164NO8P/c1-6-8-10-12-14-16-18-20-22-24-26-28-30-32-34-36-37-38-39-40-41-42-43-44-45-46-48-49-51-53-55-57-59-61-63-65-67-69-71-73-75-82(85)89-79-81(80-91-93(87,88)90-78-77-84(3,4)5)92-83(86)76-74-72-70-68-66-64-62-60-58-56-54-52-50-47-35-33-31-29-27-25-23-21-19-17-15-13-11-9-7-2/h25,27,81H,6-24,26,28-80H2,1-5H3/b27-25-. The number of carbonyl (C=O) groups excluding carboxylic acids is 2. The number of nitrogens with zero attached hydrogens (tertiary/aromatic N) is 1. The van der Waals surface area contributed by atoms with Crippen molar-refractivity contribution >= 4 is 19.8 Å². The van der Waals surface area contributed by atoms with Crippen molar-refractivity contribution in [2.75, 3.05) is 47.5 Å². The van der Waals surface area contributed by atoms with Gasteiger partial charge in [-0.1, -0.05) is 418 Å². The maximum atomic E-state index is 12.9. The quantitative estimate of drug-likeness (QED) is 0.0195. The first-order valence-electron chi connectivity index (χ1n) is 41.9. The Morgan fingerprint density at radius 3 is 0.796 bits per heavy atom. The van der Waals surface area contributed by atoms with E-state index in [-0.39, 0.29) is 32.0 Å². The van der Waals surface area contributed by atoms with Gasteiger partial charge in [-0.25, -0.2) is 0 Å². The van der Waals surface area contributed by atoms with E-state index in [0.29, 0.717) is 17.4 Å². The molecule has 0 heterocycles. The van der Waals surface area contributed by atoms with Crippen molar-refractivity contribution in [1.29, 1.82) is 0 Å². The predicted molar refractivity (Wildman–Crippen MR) is 402 cm³/mol. The number of quaternary nitrogens is 1. The van der Waals surface area contributed by atoms with Crippen molar-refractivity contribution in [3.8, 4) is 0 Å². The van der Waals surface area contributed by atoms with Crippen LogP contribution in [0.15, 0.2) is 12.2 Å². The third-order valence-electron chi connectivity index (χ3n) is 19.5. The second-order valence-electron chi connectivity index (χ2n) is 30.2. The minimum atomic E-state index is -4.64. The van der Waals surface area contributed by atoms with Gasteiger partial charge in [-0.2, -0.15) is 0 Å². The van der Waals surface area contributed by atoms with Gasteiger partial charge < -0.3 is 27.9 Å². The number of allylic oxidation sites excluding steroid dienone is 2. The highest BCUT2D eigenvalue weighted by Crippen LogP contribution is 2.38. The third-order valence-corrected chi connectivity index (χ3v) is 20.5. The van der Waals surface area contributed by atoms with Crippen molar-refractivity contribution in [3.63, 3.8) is 0 Å². The molecule has 2 unspecified atom stereocenters. The number of phosphoric ester groups is 1. The van der Waals surface area contributed by atoms with Gasteiger partial charge in [-0.05, 0) is 38.5 Å². The molecule has 554 valence electrons. The number of likely N-dealkylation sites (N-methyl/N-ethyl adjacent to an activating group) is 1. The van der Waals surface area contributed by atoms with Crippen LogP contribution in [0.25, 0.3) is 0 Å². The molecule has 0 amide bonds. The summed E-state index contributed by atoms with van der Waals surface area (Å²) in [5.41, 5.74) is 0. The van der Waals surface area contributed by atoms with Gasteiger partial charge in [0.2, 0.25) is 0 Å². The summed E-state index contributed by atoms with van der Waals surface area (Å²) in [6.45, 7) is 4.34. The second kappa shape index (κ2) is 75.0. The second-order valence-corrected chi connectivity index (χ2v) is 31.6. The largest absolute Gasteiger partial charge is 0.756 e. The van der Waals surface area contributed by atoms with Crippen molar-refractivity contribution in [1.82, 2.24) is 0 Å². The Kier molecular flexibility index (Phi) is 74.0. The lowest BCUT2D eigenvalue weighted by Gasteiger charge is -2.28. The fourth-order valence-corrected chi connectivity index (χ4v) is 13.9. The predicted octanol–water partition coefficient (Wildman–Crippen LogP) is 27.2. The first-order chi connectivity index (χ1) is 45.5. The van der Waals surface area contributed by atoms with E-state index < -0.39 is 26.5 Å². The number of esters is 2. The van der Waals surface area contributed by atoms with Crippen LogP contribution in [0.2, 0.25) is 0 Å². The Labute approximate surface area is 581 Å². The molecule has 0 saturated heterocycles. The number of hydrogen-bond donors (Lipinski definition) is 0. The molecule has 0 aromatic carbocycles. The van der Waals surface area contributed by atoms with E-state index in [1.54, 1.807) is 0 Å². The molecule has 0 saturated carbocycles. The van der Waals surface area contributed by atoms with Gasteiger partial charge in [0, 0.05) is 12.8 Å². The molecule has 9 nitrogen and oxygen atoms in total. The summed E-state index contributed by atoms with van der Waals surface area (Å²) in [6.07, 6.45) is 95.1. The lowest BCUT2D eigenvalue weighted by molar-refractivity contribution is -0.870. The number of ether oxygens (including phenoxy) is 2. The Bertz CT molecular complexity index is 1570. The molecule has 0 aliphatic heterocycles. The van der Waals surface area contributed by atoms with Gasteiger partial charge in [0.1, 0.15) is 19.8 Å². The highest BCUT2D eigenvalue weighted by Gasteiger charge is 2.22. The Morgan fingerprint density at radius 1 is 0.323 bits per heavy atom. The SMILES string of the molecule is CCCCCCCCCC/C=C\CCCCCCCCCCCCCCCCCCCC(=O)OC(COC(=O)CCCCCCCCCCCCCCCCCCCCCCCCCCCCCCCCCCCCCCCCCC)COP(=O)([O-])OCC[N+](C)(C)C. The average molecular weight is 1340 g/mol. The molecule has 0 aromatic heterocycles. The molecule has 0 N–H and O–H groups in total. The van der Waals surface area contributed by atoms with Gasteiger partial charge in [-0.15, -0.1) is 0 Å². The van der Waals surface area contributed by atoms with Crippen LogP contribution in [0.1, 0.15) is 457 Å². The number of rotatable bonds is 80. The summed E-state index contributed by atoms with van der Waals surface area (Å²) >= 11 is 0. The Morgan fingerprint density at radius 2 is 0.548 bits per heavy atom. The van der Waals surface area contributed by atoms with Crippen LogP contribution in [-0.4, -0.2) is 70.0 Å². The number of unbranched alkanes of at least 4 members (excludes halogenated alkanes) is 64. The summed E-state index contributed by atoms with van der Waals surface area (Å²) < 4.78 is 34.4. The first kappa shape index (κ1) is 91.8. The Hall–Kier alpha value is -1.25. The molecule has 0 spiro atoms. The normalized spacial score (nSPS) is 13.0. The maximum absolute atomic E-state index is 12.9. The van der Waals surface area contributed by atoms with E-state index >= 15 is 0 Å². The van der Waals surface area contributed by atoms with Crippen molar-refractivity contribution in [3.05, 3.63) is 12.2 Å². The van der Waals surface area contributed by atoms with Crippen molar-refractivity contribution in [2.45, 2.75) is 463 Å². The zero-order valence-electron chi connectivity index (χ0n) is 63.5. The number of carbonyl (C=O) groups is 2. The summed E-state index contributed by atoms with van der Waals surface area (Å²) in [4.78, 5) is 38.2. The summed E-state index contributed by atoms with van der Waals surface area (Å²) in [5, 5.41) is 0. The monoisotopic (exact) mass is 1330 g/mol. The van der Waals surface area contributed by atoms with Gasteiger partial charge in [0.25, 0.3) is 7.82 Å². The minimum absolute atomic E-state index is 0.0258. The molecule has 0 fully saturated rings. The fourth-order valence-electron chi connectivity index (χ4n) is 13.1. The highest BCUT2D eigenvalue weighted by atomic mass is 31.2. The molecule has 0 aliphatic carbocycles. The van der Waals surface area contributed by atoms with E-state index in [9.17, 15) is 19.0 Å². The topological polar surface area (TPSA) is 111 Å². The van der Waals surface area contributed by atoms with Crippen LogP contribution in [0, 0.1) is 0 Å². The molecule has 0 aliphatic rings. The van der Waals surface area contributed by atoms with Crippen LogP contribution in [0.5, 0.6) is 0 Å². The van der Waals surface area contributed by atoms with Crippen molar-refractivity contribution in [2.24, 2.45) is 0 Å². The van der Waals surface area contributed by atoms with Crippen LogP contribution in [0.4, 0.5) is 0 Å². The zero-order valence-corrected chi connectivity index (χ0v) is 64.4. The van der Waals surface area contributed by atoms with E-state index in [1.165, 1.54) is 392 Å². The summed E-state index contributed by atoms with van der Waals surface area (Å²) in [7, 11) is 1.20.